The fourth-order valence-corrected chi connectivity index (χ4v) is 2.36. The number of benzene rings is 1. The Kier molecular flexibility index (Phi) is 6.24. The Morgan fingerprint density at radius 2 is 1.75 bits per heavy atom. The minimum atomic E-state index is -1.17. The van der Waals surface area contributed by atoms with Crippen LogP contribution in [0.4, 0.5) is 0 Å². The molecule has 1 aromatic rings. The highest BCUT2D eigenvalue weighted by atomic mass is 32.2. The first-order valence-electron chi connectivity index (χ1n) is 6.12. The number of aryl methyl sites for hydroxylation is 1. The second-order valence-electron chi connectivity index (χ2n) is 4.21. The van der Waals surface area contributed by atoms with Crippen molar-refractivity contribution in [2.75, 3.05) is 5.75 Å². The number of Topliss-reactive ketones (excluding diaryl/α,β-unsaturated/α-hetero) is 1. The van der Waals surface area contributed by atoms with Crippen LogP contribution in [0.25, 0.3) is 0 Å². The zero-order chi connectivity index (χ0) is 15.1. The molecule has 1 rings (SSSR count). The van der Waals surface area contributed by atoms with E-state index in [-0.39, 0.29) is 18.0 Å². The number of carbonyl (C=O) groups is 3. The molecule has 0 fully saturated rings. The predicted octanol–water partition coefficient (Wildman–Crippen LogP) is 2.09. The van der Waals surface area contributed by atoms with Crippen LogP contribution < -0.4 is 0 Å². The van der Waals surface area contributed by atoms with E-state index in [1.165, 1.54) is 0 Å². The van der Waals surface area contributed by atoms with Gasteiger partial charge in [-0.25, -0.2) is 0 Å². The van der Waals surface area contributed by atoms with Gasteiger partial charge in [0.2, 0.25) is 0 Å². The number of carboxylic acids is 2. The normalized spacial score (nSPS) is 11.8. The van der Waals surface area contributed by atoms with Crippen LogP contribution >= 0.6 is 11.8 Å². The third-order valence-electron chi connectivity index (χ3n) is 2.74. The van der Waals surface area contributed by atoms with Crippen LogP contribution in [0.3, 0.4) is 0 Å². The lowest BCUT2D eigenvalue weighted by Gasteiger charge is -2.10. The highest BCUT2D eigenvalue weighted by Crippen LogP contribution is 2.18. The van der Waals surface area contributed by atoms with Gasteiger partial charge in [0.05, 0.1) is 5.75 Å². The van der Waals surface area contributed by atoms with E-state index in [2.05, 4.69) is 0 Å². The second kappa shape index (κ2) is 7.69. The van der Waals surface area contributed by atoms with Crippen molar-refractivity contribution in [1.29, 1.82) is 0 Å². The predicted molar refractivity (Wildman–Crippen MR) is 76.3 cm³/mol. The molecule has 0 aliphatic rings. The summed E-state index contributed by atoms with van der Waals surface area (Å²) in [6.07, 6.45) is 0.652. The summed E-state index contributed by atoms with van der Waals surface area (Å²) < 4.78 is 0. The van der Waals surface area contributed by atoms with E-state index >= 15 is 0 Å². The van der Waals surface area contributed by atoms with Gasteiger partial charge in [0, 0.05) is 12.0 Å². The molecule has 0 aliphatic heterocycles. The summed E-state index contributed by atoms with van der Waals surface area (Å²) in [5.41, 5.74) is 1.54. The summed E-state index contributed by atoms with van der Waals surface area (Å²) in [6, 6.07) is 6.99. The number of rotatable bonds is 8. The number of carboxylic acid groups (broad SMARTS) is 2. The van der Waals surface area contributed by atoms with Crippen molar-refractivity contribution in [3.8, 4) is 0 Å². The zero-order valence-electron chi connectivity index (χ0n) is 11.0. The third-order valence-corrected chi connectivity index (χ3v) is 3.92. The number of ketones is 1. The smallest absolute Gasteiger partial charge is 0.317 e. The fourth-order valence-electron chi connectivity index (χ4n) is 1.60. The van der Waals surface area contributed by atoms with E-state index in [0.717, 1.165) is 23.7 Å². The summed E-state index contributed by atoms with van der Waals surface area (Å²) in [7, 11) is 0. The Bertz CT molecular complexity index is 495. The summed E-state index contributed by atoms with van der Waals surface area (Å²) in [5.74, 6) is -2.90. The lowest BCUT2D eigenvalue weighted by molar-refractivity contribution is -0.136. The topological polar surface area (TPSA) is 91.7 Å². The highest BCUT2D eigenvalue weighted by Gasteiger charge is 2.23. The van der Waals surface area contributed by atoms with Crippen LogP contribution in [-0.4, -0.2) is 38.9 Å². The molecular formula is C14H16O5S. The summed E-state index contributed by atoms with van der Waals surface area (Å²) >= 11 is 0.748. The first-order valence-corrected chi connectivity index (χ1v) is 7.17. The molecule has 0 saturated carbocycles. The van der Waals surface area contributed by atoms with Crippen LogP contribution in [0.2, 0.25) is 0 Å². The van der Waals surface area contributed by atoms with Crippen LogP contribution in [0.5, 0.6) is 0 Å². The first-order chi connectivity index (χ1) is 9.43. The van der Waals surface area contributed by atoms with Crippen LogP contribution in [0, 0.1) is 0 Å². The number of aliphatic carboxylic acids is 2. The molecule has 20 heavy (non-hydrogen) atoms. The molecule has 2 N–H and O–H groups in total. The minimum Gasteiger partial charge on any atom is -0.481 e. The Labute approximate surface area is 121 Å². The molecule has 0 heterocycles. The van der Waals surface area contributed by atoms with Crippen molar-refractivity contribution >= 4 is 29.5 Å². The van der Waals surface area contributed by atoms with Gasteiger partial charge in [-0.3, -0.25) is 14.4 Å². The largest absolute Gasteiger partial charge is 0.481 e. The van der Waals surface area contributed by atoms with Crippen molar-refractivity contribution in [2.24, 2.45) is 0 Å². The highest BCUT2D eigenvalue weighted by molar-refractivity contribution is 8.01. The average molecular weight is 296 g/mol. The Hall–Kier alpha value is -1.82. The maximum Gasteiger partial charge on any atom is 0.317 e. The Morgan fingerprint density at radius 3 is 2.20 bits per heavy atom. The molecule has 0 aliphatic carbocycles. The quantitative estimate of drug-likeness (QED) is 0.714. The van der Waals surface area contributed by atoms with Gasteiger partial charge in [-0.1, -0.05) is 31.2 Å². The molecular weight excluding hydrogens is 280 g/mol. The second-order valence-corrected chi connectivity index (χ2v) is 5.40. The monoisotopic (exact) mass is 296 g/mol. The average Bonchev–Trinajstić information content (AvgIpc) is 2.42. The molecule has 0 saturated heterocycles. The van der Waals surface area contributed by atoms with E-state index in [0.29, 0.717) is 5.56 Å². The Balaban J connectivity index is 2.69. The molecule has 5 nitrogen and oxygen atoms in total. The molecule has 0 radical (unpaired) electrons. The van der Waals surface area contributed by atoms with Gasteiger partial charge in [-0.2, -0.15) is 0 Å². The molecule has 0 aromatic heterocycles. The molecule has 1 atom stereocenters. The SMILES string of the molecule is CCc1ccc(C(=O)C[C@@H](SCC(=O)O)C(=O)O)cc1. The van der Waals surface area contributed by atoms with Gasteiger partial charge in [-0.15, -0.1) is 11.8 Å². The van der Waals surface area contributed by atoms with E-state index in [4.69, 9.17) is 10.2 Å². The number of thioether (sulfide) groups is 1. The summed E-state index contributed by atoms with van der Waals surface area (Å²) in [6.45, 7) is 2.00. The molecule has 0 bridgehead atoms. The van der Waals surface area contributed by atoms with Gasteiger partial charge in [0.15, 0.2) is 5.78 Å². The van der Waals surface area contributed by atoms with Gasteiger partial charge in [-0.05, 0) is 12.0 Å². The molecule has 0 unspecified atom stereocenters. The summed E-state index contributed by atoms with van der Waals surface area (Å²) in [5, 5.41) is 16.5. The van der Waals surface area contributed by atoms with Gasteiger partial charge < -0.3 is 10.2 Å². The third kappa shape index (κ3) is 5.05. The van der Waals surface area contributed by atoms with Gasteiger partial charge >= 0.3 is 11.9 Å². The summed E-state index contributed by atoms with van der Waals surface area (Å²) in [4.78, 5) is 33.4. The van der Waals surface area contributed by atoms with Crippen molar-refractivity contribution in [3.05, 3.63) is 35.4 Å². The van der Waals surface area contributed by atoms with E-state index in [1.54, 1.807) is 12.1 Å². The molecule has 0 spiro atoms. The van der Waals surface area contributed by atoms with E-state index < -0.39 is 17.2 Å². The number of hydrogen-bond donors (Lipinski definition) is 2. The van der Waals surface area contributed by atoms with Crippen LogP contribution in [0.1, 0.15) is 29.3 Å². The van der Waals surface area contributed by atoms with Gasteiger partial charge in [0.25, 0.3) is 0 Å². The first kappa shape index (κ1) is 16.2. The van der Waals surface area contributed by atoms with Crippen LogP contribution in [-0.2, 0) is 16.0 Å². The lowest BCUT2D eigenvalue weighted by Crippen LogP contribution is -2.22. The standard InChI is InChI=1S/C14H16O5S/c1-2-9-3-5-10(6-4-9)11(15)7-12(14(18)19)20-8-13(16)17/h3-6,12H,2,7-8H2,1H3,(H,16,17)(H,18,19)/t12-/m1/s1. The van der Waals surface area contributed by atoms with E-state index in [1.807, 2.05) is 19.1 Å². The van der Waals surface area contributed by atoms with Crippen molar-refractivity contribution < 1.29 is 24.6 Å². The lowest BCUT2D eigenvalue weighted by atomic mass is 10.0. The number of hydrogen-bond acceptors (Lipinski definition) is 4. The zero-order valence-corrected chi connectivity index (χ0v) is 11.9. The molecule has 0 amide bonds. The maximum absolute atomic E-state index is 12.0. The van der Waals surface area contributed by atoms with Crippen molar-refractivity contribution in [1.82, 2.24) is 0 Å². The minimum absolute atomic E-state index is 0.210. The molecule has 6 heteroatoms. The fraction of sp³-hybridized carbons (Fsp3) is 0.357. The van der Waals surface area contributed by atoms with Crippen LogP contribution in [0.15, 0.2) is 24.3 Å². The number of carbonyl (C=O) groups excluding carboxylic acids is 1. The Morgan fingerprint density at radius 1 is 1.15 bits per heavy atom. The molecule has 108 valence electrons. The maximum atomic E-state index is 12.0. The van der Waals surface area contributed by atoms with E-state index in [9.17, 15) is 14.4 Å². The molecule has 1 aromatic carbocycles. The van der Waals surface area contributed by atoms with Crippen molar-refractivity contribution in [3.63, 3.8) is 0 Å². The van der Waals surface area contributed by atoms with Crippen molar-refractivity contribution in [2.45, 2.75) is 25.0 Å². The van der Waals surface area contributed by atoms with Gasteiger partial charge in [0.1, 0.15) is 5.25 Å².